The van der Waals surface area contributed by atoms with E-state index in [0.717, 1.165) is 14.9 Å². The molecule has 1 aromatic heterocycles. The quantitative estimate of drug-likeness (QED) is 0.330. The van der Waals surface area contributed by atoms with Gasteiger partial charge in [0.15, 0.2) is 4.80 Å². The molecular weight excluding hydrogens is 575 g/mol. The van der Waals surface area contributed by atoms with Gasteiger partial charge in [0.2, 0.25) is 0 Å². The van der Waals surface area contributed by atoms with Crippen molar-refractivity contribution in [3.63, 3.8) is 0 Å². The molecule has 0 aliphatic carbocycles. The molecule has 2 aromatic carbocycles. The van der Waals surface area contributed by atoms with Crippen LogP contribution >= 0.6 is 45.5 Å². The highest BCUT2D eigenvalue weighted by atomic mass is 127. The number of hydrogen-bond acceptors (Lipinski definition) is 6. The molecule has 1 aliphatic heterocycles. The van der Waals surface area contributed by atoms with Gasteiger partial charge in [0.1, 0.15) is 11.8 Å². The summed E-state index contributed by atoms with van der Waals surface area (Å²) in [6.45, 7) is 3.70. The van der Waals surface area contributed by atoms with Gasteiger partial charge in [-0.05, 0) is 71.8 Å². The first-order valence-electron chi connectivity index (χ1n) is 10.1. The highest BCUT2D eigenvalue weighted by Gasteiger charge is 2.34. The standard InChI is InChI=1S/C24H20ClIN2O4S/c1-4-32-23(30)20-13(2)27-24-28(21(20)15-7-5-6-8-16(15)25)22(29)19(33-24)12-14-9-10-18(31-3)17(26)11-14/h5-12,21H,4H2,1-3H3/b19-12-/t21-/m1/s1. The van der Waals surface area contributed by atoms with Crippen LogP contribution in [0.3, 0.4) is 0 Å². The van der Waals surface area contributed by atoms with Gasteiger partial charge in [0.25, 0.3) is 5.56 Å². The number of allylic oxidation sites excluding steroid dienone is 1. The van der Waals surface area contributed by atoms with Crippen molar-refractivity contribution in [3.8, 4) is 5.75 Å². The second-order valence-corrected chi connectivity index (χ2v) is 9.80. The molecule has 2 heterocycles. The summed E-state index contributed by atoms with van der Waals surface area (Å²) in [6, 6.07) is 12.2. The fraction of sp³-hybridized carbons (Fsp3) is 0.208. The van der Waals surface area contributed by atoms with E-state index in [-0.39, 0.29) is 12.2 Å². The number of aromatic nitrogens is 1. The van der Waals surface area contributed by atoms with Gasteiger partial charge in [-0.25, -0.2) is 9.79 Å². The fourth-order valence-electron chi connectivity index (χ4n) is 3.71. The highest BCUT2D eigenvalue weighted by Crippen LogP contribution is 2.34. The molecule has 0 spiro atoms. The molecule has 0 N–H and O–H groups in total. The molecule has 1 atom stereocenters. The number of carbonyl (C=O) groups is 1. The number of esters is 1. The number of nitrogens with zero attached hydrogens (tertiary/aromatic N) is 2. The van der Waals surface area contributed by atoms with Gasteiger partial charge in [-0.3, -0.25) is 9.36 Å². The first kappa shape index (κ1) is 23.7. The minimum absolute atomic E-state index is 0.214. The van der Waals surface area contributed by atoms with Crippen molar-refractivity contribution in [2.24, 2.45) is 4.99 Å². The second kappa shape index (κ2) is 9.82. The van der Waals surface area contributed by atoms with Crippen LogP contribution in [0.1, 0.15) is 31.0 Å². The molecule has 0 fully saturated rings. The Morgan fingerprint density at radius 2 is 2.06 bits per heavy atom. The SMILES string of the molecule is CCOC(=O)C1=C(C)N=c2s/c(=C\c3ccc(OC)c(I)c3)c(=O)n2[C@@H]1c1ccccc1Cl. The van der Waals surface area contributed by atoms with Crippen molar-refractivity contribution in [3.05, 3.63) is 93.1 Å². The van der Waals surface area contributed by atoms with E-state index in [2.05, 4.69) is 27.6 Å². The first-order chi connectivity index (χ1) is 15.8. The number of halogens is 2. The van der Waals surface area contributed by atoms with E-state index in [1.165, 1.54) is 15.9 Å². The molecule has 1 aliphatic rings. The fourth-order valence-corrected chi connectivity index (χ4v) is 5.75. The van der Waals surface area contributed by atoms with Crippen molar-refractivity contribution in [2.45, 2.75) is 19.9 Å². The Balaban J connectivity index is 1.95. The zero-order chi connectivity index (χ0) is 23.7. The van der Waals surface area contributed by atoms with E-state index in [1.807, 2.05) is 36.4 Å². The molecule has 6 nitrogen and oxygen atoms in total. The smallest absolute Gasteiger partial charge is 0.338 e. The van der Waals surface area contributed by atoms with Crippen molar-refractivity contribution in [1.29, 1.82) is 0 Å². The number of methoxy groups -OCH3 is 1. The van der Waals surface area contributed by atoms with Gasteiger partial charge in [-0.1, -0.05) is 47.2 Å². The maximum absolute atomic E-state index is 13.6. The summed E-state index contributed by atoms with van der Waals surface area (Å²) in [5.41, 5.74) is 2.07. The van der Waals surface area contributed by atoms with Crippen LogP contribution in [0.5, 0.6) is 5.75 Å². The largest absolute Gasteiger partial charge is 0.496 e. The van der Waals surface area contributed by atoms with Crippen molar-refractivity contribution in [1.82, 2.24) is 4.57 Å². The van der Waals surface area contributed by atoms with Crippen molar-refractivity contribution in [2.75, 3.05) is 13.7 Å². The Bertz CT molecular complexity index is 1460. The number of hydrogen-bond donors (Lipinski definition) is 0. The third-order valence-corrected chi connectivity index (χ3v) is 7.36. The van der Waals surface area contributed by atoms with Crippen molar-refractivity contribution < 1.29 is 14.3 Å². The summed E-state index contributed by atoms with van der Waals surface area (Å²) >= 11 is 9.98. The molecule has 4 rings (SSSR count). The topological polar surface area (TPSA) is 69.9 Å². The number of ether oxygens (including phenoxy) is 2. The van der Waals surface area contributed by atoms with E-state index in [9.17, 15) is 9.59 Å². The van der Waals surface area contributed by atoms with E-state index in [4.69, 9.17) is 21.1 Å². The molecule has 0 saturated carbocycles. The van der Waals surface area contributed by atoms with Crippen LogP contribution in [0.25, 0.3) is 6.08 Å². The van der Waals surface area contributed by atoms with E-state index >= 15 is 0 Å². The van der Waals surface area contributed by atoms with Gasteiger partial charge in [-0.15, -0.1) is 0 Å². The van der Waals surface area contributed by atoms with Crippen LogP contribution in [0.4, 0.5) is 0 Å². The lowest BCUT2D eigenvalue weighted by Crippen LogP contribution is -2.40. The Labute approximate surface area is 213 Å². The Morgan fingerprint density at radius 3 is 2.73 bits per heavy atom. The maximum atomic E-state index is 13.6. The summed E-state index contributed by atoms with van der Waals surface area (Å²) in [5, 5.41) is 0.457. The van der Waals surface area contributed by atoms with E-state index < -0.39 is 12.0 Å². The Morgan fingerprint density at radius 1 is 1.30 bits per heavy atom. The molecule has 0 unspecified atom stereocenters. The third-order valence-electron chi connectivity index (χ3n) is 5.19. The molecule has 170 valence electrons. The van der Waals surface area contributed by atoms with Crippen LogP contribution in [0.2, 0.25) is 5.02 Å². The molecular formula is C24H20ClIN2O4S. The third kappa shape index (κ3) is 4.51. The maximum Gasteiger partial charge on any atom is 0.338 e. The first-order valence-corrected chi connectivity index (χ1v) is 12.4. The summed E-state index contributed by atoms with van der Waals surface area (Å²) in [7, 11) is 1.62. The zero-order valence-electron chi connectivity index (χ0n) is 18.1. The minimum Gasteiger partial charge on any atom is -0.496 e. The van der Waals surface area contributed by atoms with Crippen molar-refractivity contribution >= 4 is 57.6 Å². The molecule has 0 radical (unpaired) electrons. The average molecular weight is 595 g/mol. The monoisotopic (exact) mass is 594 g/mol. The van der Waals surface area contributed by atoms with Crippen LogP contribution < -0.4 is 19.6 Å². The molecule has 9 heteroatoms. The summed E-state index contributed by atoms with van der Waals surface area (Å²) < 4.78 is 13.6. The number of thiazole rings is 1. The molecule has 0 bridgehead atoms. The molecule has 33 heavy (non-hydrogen) atoms. The number of fused-ring (bicyclic) bond motifs is 1. The number of benzene rings is 2. The summed E-state index contributed by atoms with van der Waals surface area (Å²) in [4.78, 5) is 31.6. The predicted molar refractivity (Wildman–Crippen MR) is 138 cm³/mol. The van der Waals surface area contributed by atoms with Crippen LogP contribution in [0.15, 0.2) is 63.5 Å². The van der Waals surface area contributed by atoms with E-state index in [0.29, 0.717) is 31.2 Å². The lowest BCUT2D eigenvalue weighted by Gasteiger charge is -2.25. The molecule has 0 saturated heterocycles. The minimum atomic E-state index is -0.729. The second-order valence-electron chi connectivity index (χ2n) is 7.22. The van der Waals surface area contributed by atoms with Gasteiger partial charge >= 0.3 is 5.97 Å². The van der Waals surface area contributed by atoms with Gasteiger partial charge < -0.3 is 9.47 Å². The van der Waals surface area contributed by atoms with Gasteiger partial charge in [0, 0.05) is 5.02 Å². The number of rotatable bonds is 5. The summed E-state index contributed by atoms with van der Waals surface area (Å²) in [5.74, 6) is 0.255. The normalized spacial score (nSPS) is 15.8. The van der Waals surface area contributed by atoms with Crippen LogP contribution in [-0.4, -0.2) is 24.3 Å². The summed E-state index contributed by atoms with van der Waals surface area (Å²) in [6.07, 6.45) is 1.82. The van der Waals surface area contributed by atoms with Crippen LogP contribution in [0, 0.1) is 3.57 Å². The number of carbonyl (C=O) groups excluding carboxylic acids is 1. The zero-order valence-corrected chi connectivity index (χ0v) is 21.8. The van der Waals surface area contributed by atoms with Gasteiger partial charge in [-0.2, -0.15) is 0 Å². The average Bonchev–Trinajstić information content (AvgIpc) is 3.08. The molecule has 0 amide bonds. The molecule has 3 aromatic rings. The van der Waals surface area contributed by atoms with Crippen LogP contribution in [-0.2, 0) is 9.53 Å². The lowest BCUT2D eigenvalue weighted by atomic mass is 9.96. The van der Waals surface area contributed by atoms with Gasteiger partial charge in [0.05, 0.1) is 33.1 Å². The predicted octanol–water partition coefficient (Wildman–Crippen LogP) is 4.06. The Hall–Kier alpha value is -2.43. The Kier molecular flexibility index (Phi) is 7.06. The lowest BCUT2D eigenvalue weighted by molar-refractivity contribution is -0.139. The van der Waals surface area contributed by atoms with E-state index in [1.54, 1.807) is 33.1 Å². The highest BCUT2D eigenvalue weighted by molar-refractivity contribution is 14.1.